The second-order valence-corrected chi connectivity index (χ2v) is 5.39. The van der Waals surface area contributed by atoms with E-state index in [1.54, 1.807) is 0 Å². The molecule has 1 fully saturated rings. The molecular weight excluding hydrogens is 280 g/mol. The summed E-state index contributed by atoms with van der Waals surface area (Å²) in [4.78, 5) is 12.0. The van der Waals surface area contributed by atoms with Crippen molar-refractivity contribution in [1.82, 2.24) is 10.6 Å². The Bertz CT molecular complexity index is 402. The first-order valence-electron chi connectivity index (χ1n) is 5.93. The van der Waals surface area contributed by atoms with E-state index in [1.807, 2.05) is 31.2 Å². The number of nitrogens with one attached hydrogen (secondary N) is 2. The molecule has 1 heterocycles. The molecule has 1 unspecified atom stereocenters. The van der Waals surface area contributed by atoms with Crippen molar-refractivity contribution in [3.63, 3.8) is 0 Å². The zero-order chi connectivity index (χ0) is 12.3. The summed E-state index contributed by atoms with van der Waals surface area (Å²) in [5, 5.41) is 6.27. The third kappa shape index (κ3) is 3.30. The van der Waals surface area contributed by atoms with E-state index in [0.717, 1.165) is 29.5 Å². The molecule has 0 spiro atoms. The largest absolute Gasteiger partial charge is 0.349 e. The van der Waals surface area contributed by atoms with Crippen LogP contribution in [0, 0.1) is 5.92 Å². The quantitative estimate of drug-likeness (QED) is 0.898. The van der Waals surface area contributed by atoms with Crippen molar-refractivity contribution >= 4 is 21.8 Å². The lowest BCUT2D eigenvalue weighted by Gasteiger charge is -2.17. The van der Waals surface area contributed by atoms with Gasteiger partial charge in [0.05, 0.1) is 12.0 Å². The van der Waals surface area contributed by atoms with E-state index in [0.29, 0.717) is 0 Å². The van der Waals surface area contributed by atoms with E-state index in [9.17, 15) is 4.79 Å². The number of hydrogen-bond acceptors (Lipinski definition) is 2. The average Bonchev–Trinajstić information content (AvgIpc) is 2.82. The molecule has 2 atom stereocenters. The Labute approximate surface area is 110 Å². The summed E-state index contributed by atoms with van der Waals surface area (Å²) in [6.45, 7) is 3.77. The van der Waals surface area contributed by atoms with Crippen LogP contribution in [0.3, 0.4) is 0 Å². The van der Waals surface area contributed by atoms with Gasteiger partial charge in [-0.05, 0) is 37.6 Å². The van der Waals surface area contributed by atoms with Crippen LogP contribution in [0.2, 0.25) is 0 Å². The normalized spacial score (nSPS) is 21.2. The van der Waals surface area contributed by atoms with Gasteiger partial charge in [-0.25, -0.2) is 0 Å². The molecule has 0 bridgehead atoms. The lowest BCUT2D eigenvalue weighted by molar-refractivity contribution is -0.125. The summed E-state index contributed by atoms with van der Waals surface area (Å²) in [6, 6.07) is 8.10. The molecule has 0 aromatic heterocycles. The van der Waals surface area contributed by atoms with Gasteiger partial charge in [0.25, 0.3) is 0 Å². The summed E-state index contributed by atoms with van der Waals surface area (Å²) >= 11 is 3.44. The number of amides is 1. The molecule has 92 valence electrons. The molecule has 1 aromatic carbocycles. The van der Waals surface area contributed by atoms with E-state index in [2.05, 4.69) is 26.6 Å². The van der Waals surface area contributed by atoms with Crippen molar-refractivity contribution in [1.29, 1.82) is 0 Å². The van der Waals surface area contributed by atoms with Crippen molar-refractivity contribution < 1.29 is 4.79 Å². The van der Waals surface area contributed by atoms with Crippen LogP contribution < -0.4 is 10.6 Å². The minimum Gasteiger partial charge on any atom is -0.349 e. The molecule has 0 saturated carbocycles. The Morgan fingerprint density at radius 1 is 1.59 bits per heavy atom. The zero-order valence-corrected chi connectivity index (χ0v) is 11.5. The Balaban J connectivity index is 1.96. The SMILES string of the molecule is C[C@@H](NC(=O)C1CCNC1)c1cccc(Br)c1. The lowest BCUT2D eigenvalue weighted by atomic mass is 10.1. The van der Waals surface area contributed by atoms with Crippen LogP contribution in [0.15, 0.2) is 28.7 Å². The van der Waals surface area contributed by atoms with Gasteiger partial charge in [0.2, 0.25) is 5.91 Å². The number of rotatable bonds is 3. The van der Waals surface area contributed by atoms with Crippen molar-refractivity contribution in [2.24, 2.45) is 5.92 Å². The monoisotopic (exact) mass is 296 g/mol. The lowest BCUT2D eigenvalue weighted by Crippen LogP contribution is -2.33. The highest BCUT2D eigenvalue weighted by atomic mass is 79.9. The Kier molecular flexibility index (Phi) is 4.18. The van der Waals surface area contributed by atoms with E-state index >= 15 is 0 Å². The van der Waals surface area contributed by atoms with Gasteiger partial charge in [-0.1, -0.05) is 28.1 Å². The van der Waals surface area contributed by atoms with Gasteiger partial charge in [0.1, 0.15) is 0 Å². The Morgan fingerprint density at radius 2 is 2.41 bits per heavy atom. The fourth-order valence-electron chi connectivity index (χ4n) is 2.07. The topological polar surface area (TPSA) is 41.1 Å². The summed E-state index contributed by atoms with van der Waals surface area (Å²) in [7, 11) is 0. The average molecular weight is 297 g/mol. The van der Waals surface area contributed by atoms with Crippen LogP contribution in [0.4, 0.5) is 0 Å². The zero-order valence-electron chi connectivity index (χ0n) is 9.87. The second-order valence-electron chi connectivity index (χ2n) is 4.48. The number of carbonyl (C=O) groups is 1. The molecule has 2 N–H and O–H groups in total. The third-order valence-electron chi connectivity index (χ3n) is 3.14. The molecule has 1 amide bonds. The number of carbonyl (C=O) groups excluding carboxylic acids is 1. The van der Waals surface area contributed by atoms with Crippen LogP contribution in [0.25, 0.3) is 0 Å². The van der Waals surface area contributed by atoms with Gasteiger partial charge in [-0.3, -0.25) is 4.79 Å². The molecule has 4 heteroatoms. The van der Waals surface area contributed by atoms with Gasteiger partial charge in [-0.15, -0.1) is 0 Å². The van der Waals surface area contributed by atoms with Crippen LogP contribution in [0.5, 0.6) is 0 Å². The molecular formula is C13H17BrN2O. The Morgan fingerprint density at radius 3 is 3.06 bits per heavy atom. The predicted octanol–water partition coefficient (Wildman–Crippen LogP) is 2.24. The predicted molar refractivity (Wildman–Crippen MR) is 71.7 cm³/mol. The maximum Gasteiger partial charge on any atom is 0.224 e. The van der Waals surface area contributed by atoms with Gasteiger partial charge in [0.15, 0.2) is 0 Å². The minimum atomic E-state index is 0.0561. The first-order chi connectivity index (χ1) is 8.16. The van der Waals surface area contributed by atoms with Crippen molar-refractivity contribution in [3.8, 4) is 0 Å². The maximum absolute atomic E-state index is 12.0. The molecule has 0 radical (unpaired) electrons. The van der Waals surface area contributed by atoms with Crippen LogP contribution in [-0.4, -0.2) is 19.0 Å². The molecule has 3 nitrogen and oxygen atoms in total. The van der Waals surface area contributed by atoms with Crippen molar-refractivity contribution in [2.75, 3.05) is 13.1 Å². The van der Waals surface area contributed by atoms with Gasteiger partial charge >= 0.3 is 0 Å². The van der Waals surface area contributed by atoms with Crippen LogP contribution in [0.1, 0.15) is 24.9 Å². The number of benzene rings is 1. The first-order valence-corrected chi connectivity index (χ1v) is 6.72. The van der Waals surface area contributed by atoms with E-state index < -0.39 is 0 Å². The fraction of sp³-hybridized carbons (Fsp3) is 0.462. The van der Waals surface area contributed by atoms with Crippen LogP contribution in [-0.2, 0) is 4.79 Å². The smallest absolute Gasteiger partial charge is 0.224 e. The first kappa shape index (κ1) is 12.6. The second kappa shape index (κ2) is 5.65. The fourth-order valence-corrected chi connectivity index (χ4v) is 2.49. The van der Waals surface area contributed by atoms with Crippen molar-refractivity contribution in [2.45, 2.75) is 19.4 Å². The summed E-state index contributed by atoms with van der Waals surface area (Å²) in [5.41, 5.74) is 1.12. The van der Waals surface area contributed by atoms with E-state index in [-0.39, 0.29) is 17.9 Å². The van der Waals surface area contributed by atoms with Crippen molar-refractivity contribution in [3.05, 3.63) is 34.3 Å². The number of halogens is 1. The summed E-state index contributed by atoms with van der Waals surface area (Å²) < 4.78 is 1.04. The minimum absolute atomic E-state index is 0.0561. The maximum atomic E-state index is 12.0. The van der Waals surface area contributed by atoms with E-state index in [4.69, 9.17) is 0 Å². The highest BCUT2D eigenvalue weighted by Gasteiger charge is 2.23. The molecule has 1 aromatic rings. The molecule has 1 aliphatic heterocycles. The highest BCUT2D eigenvalue weighted by Crippen LogP contribution is 2.18. The van der Waals surface area contributed by atoms with E-state index in [1.165, 1.54) is 0 Å². The molecule has 1 saturated heterocycles. The van der Waals surface area contributed by atoms with Gasteiger partial charge in [0, 0.05) is 11.0 Å². The molecule has 2 rings (SSSR count). The highest BCUT2D eigenvalue weighted by molar-refractivity contribution is 9.10. The number of hydrogen-bond donors (Lipinski definition) is 2. The third-order valence-corrected chi connectivity index (χ3v) is 3.63. The van der Waals surface area contributed by atoms with Crippen LogP contribution >= 0.6 is 15.9 Å². The Hall–Kier alpha value is -0.870. The molecule has 0 aliphatic carbocycles. The van der Waals surface area contributed by atoms with Gasteiger partial charge < -0.3 is 10.6 Å². The standard InChI is InChI=1S/C13H17BrN2O/c1-9(10-3-2-4-12(14)7-10)16-13(17)11-5-6-15-8-11/h2-4,7,9,11,15H,5-6,8H2,1H3,(H,16,17)/t9-,11?/m1/s1. The molecule has 1 aliphatic rings. The summed E-state index contributed by atoms with van der Waals surface area (Å²) in [6.07, 6.45) is 0.942. The van der Waals surface area contributed by atoms with Gasteiger partial charge in [-0.2, -0.15) is 0 Å². The molecule has 17 heavy (non-hydrogen) atoms. The summed E-state index contributed by atoms with van der Waals surface area (Å²) in [5.74, 6) is 0.284.